The lowest BCUT2D eigenvalue weighted by Crippen LogP contribution is -1.92. The van der Waals surface area contributed by atoms with E-state index in [0.717, 1.165) is 0 Å². The fraction of sp³-hybridized carbons (Fsp3) is 0.143. The van der Waals surface area contributed by atoms with Crippen molar-refractivity contribution in [2.45, 2.75) is 0 Å². The van der Waals surface area contributed by atoms with Gasteiger partial charge in [-0.05, 0) is 0 Å². The second kappa shape index (κ2) is 2.44. The zero-order valence-electron chi connectivity index (χ0n) is 6.43. The second-order valence-electron chi connectivity index (χ2n) is 2.35. The molecule has 0 aromatic carbocycles. The largest absolute Gasteiger partial charge is 0.372 e. The van der Waals surface area contributed by atoms with Crippen molar-refractivity contribution in [3.05, 3.63) is 18.3 Å². The van der Waals surface area contributed by atoms with Crippen LogP contribution < -0.4 is 5.32 Å². The highest BCUT2D eigenvalue weighted by molar-refractivity contribution is 5.86. The number of hydrogen-bond acceptors (Lipinski definition) is 3. The quantitative estimate of drug-likeness (QED) is 0.667. The Balaban J connectivity index is 2.78. The van der Waals surface area contributed by atoms with Gasteiger partial charge in [-0.25, -0.2) is 9.97 Å². The van der Waals surface area contributed by atoms with Crippen LogP contribution in [0, 0.1) is 5.95 Å². The van der Waals surface area contributed by atoms with Crippen LogP contribution in [0.2, 0.25) is 0 Å². The third-order valence-electron chi connectivity index (χ3n) is 1.63. The van der Waals surface area contributed by atoms with Gasteiger partial charge in [0.25, 0.3) is 0 Å². The Hall–Kier alpha value is -1.65. The fourth-order valence-electron chi connectivity index (χ4n) is 1.11. The SMILES string of the molecule is CNc1ncnc2[nH]c(F)cc12. The van der Waals surface area contributed by atoms with E-state index >= 15 is 0 Å². The minimum Gasteiger partial charge on any atom is -0.372 e. The molecule has 0 bridgehead atoms. The lowest BCUT2D eigenvalue weighted by molar-refractivity contribution is 0.594. The highest BCUT2D eigenvalue weighted by Gasteiger charge is 2.05. The summed E-state index contributed by atoms with van der Waals surface area (Å²) >= 11 is 0. The molecule has 4 nitrogen and oxygen atoms in total. The Morgan fingerprint density at radius 2 is 2.33 bits per heavy atom. The first-order valence-electron chi connectivity index (χ1n) is 3.48. The molecule has 0 spiro atoms. The summed E-state index contributed by atoms with van der Waals surface area (Å²) in [6, 6.07) is 1.36. The Labute approximate surface area is 67.8 Å². The first kappa shape index (κ1) is 7.02. The van der Waals surface area contributed by atoms with Gasteiger partial charge in [-0.15, -0.1) is 0 Å². The van der Waals surface area contributed by atoms with E-state index in [1.807, 2.05) is 0 Å². The summed E-state index contributed by atoms with van der Waals surface area (Å²) in [5.74, 6) is 0.224. The van der Waals surface area contributed by atoms with E-state index in [2.05, 4.69) is 20.3 Å². The normalized spacial score (nSPS) is 10.5. The summed E-state index contributed by atoms with van der Waals surface area (Å²) in [5, 5.41) is 3.51. The monoisotopic (exact) mass is 166 g/mol. The van der Waals surface area contributed by atoms with Crippen LogP contribution in [0.3, 0.4) is 0 Å². The molecule has 0 aliphatic heterocycles. The van der Waals surface area contributed by atoms with Gasteiger partial charge in [0.1, 0.15) is 17.8 Å². The van der Waals surface area contributed by atoms with Gasteiger partial charge >= 0.3 is 0 Å². The molecule has 0 saturated carbocycles. The van der Waals surface area contributed by atoms with Gasteiger partial charge in [0.05, 0.1) is 5.39 Å². The molecule has 0 aliphatic carbocycles. The van der Waals surface area contributed by atoms with Crippen molar-refractivity contribution >= 4 is 16.9 Å². The average molecular weight is 166 g/mol. The zero-order valence-corrected chi connectivity index (χ0v) is 6.43. The molecule has 0 unspecified atom stereocenters. The first-order valence-corrected chi connectivity index (χ1v) is 3.48. The predicted molar refractivity (Wildman–Crippen MR) is 43.4 cm³/mol. The molecule has 62 valence electrons. The smallest absolute Gasteiger partial charge is 0.193 e. The number of fused-ring (bicyclic) bond motifs is 1. The summed E-state index contributed by atoms with van der Waals surface area (Å²) in [6.07, 6.45) is 1.38. The zero-order chi connectivity index (χ0) is 8.55. The minimum atomic E-state index is -0.401. The lowest BCUT2D eigenvalue weighted by Gasteiger charge is -1.97. The molecule has 2 aromatic heterocycles. The fourth-order valence-corrected chi connectivity index (χ4v) is 1.11. The van der Waals surface area contributed by atoms with E-state index in [0.29, 0.717) is 16.9 Å². The standard InChI is InChI=1S/C7H7FN4/c1-9-6-4-2-5(8)12-7(4)11-3-10-6/h2-3H,1H3,(H2,9,10,11,12). The van der Waals surface area contributed by atoms with E-state index < -0.39 is 5.95 Å². The molecular formula is C7H7FN4. The van der Waals surface area contributed by atoms with E-state index in [1.165, 1.54) is 12.4 Å². The summed E-state index contributed by atoms with van der Waals surface area (Å²) in [5.41, 5.74) is 0.506. The molecule has 0 amide bonds. The third-order valence-corrected chi connectivity index (χ3v) is 1.63. The highest BCUT2D eigenvalue weighted by Crippen LogP contribution is 2.18. The predicted octanol–water partition coefficient (Wildman–Crippen LogP) is 1.14. The number of aromatic amines is 1. The number of nitrogens with zero attached hydrogens (tertiary/aromatic N) is 2. The van der Waals surface area contributed by atoms with Crippen molar-refractivity contribution in [2.75, 3.05) is 12.4 Å². The molecular weight excluding hydrogens is 159 g/mol. The molecule has 5 heteroatoms. The summed E-state index contributed by atoms with van der Waals surface area (Å²) in [4.78, 5) is 10.3. The van der Waals surface area contributed by atoms with E-state index in [9.17, 15) is 4.39 Å². The van der Waals surface area contributed by atoms with Gasteiger partial charge < -0.3 is 10.3 Å². The number of nitrogens with one attached hydrogen (secondary N) is 2. The Bertz CT molecular complexity index is 409. The Kier molecular flexibility index (Phi) is 1.43. The number of anilines is 1. The van der Waals surface area contributed by atoms with Crippen molar-refractivity contribution in [2.24, 2.45) is 0 Å². The van der Waals surface area contributed by atoms with Gasteiger partial charge in [-0.1, -0.05) is 0 Å². The maximum absolute atomic E-state index is 12.7. The Morgan fingerprint density at radius 1 is 1.50 bits per heavy atom. The number of H-pyrrole nitrogens is 1. The summed E-state index contributed by atoms with van der Waals surface area (Å²) < 4.78 is 12.7. The Morgan fingerprint density at radius 3 is 3.08 bits per heavy atom. The van der Waals surface area contributed by atoms with Gasteiger partial charge in [0, 0.05) is 13.1 Å². The molecule has 2 rings (SSSR count). The topological polar surface area (TPSA) is 53.6 Å². The maximum Gasteiger partial charge on any atom is 0.193 e. The van der Waals surface area contributed by atoms with Crippen LogP contribution in [0.4, 0.5) is 10.2 Å². The van der Waals surface area contributed by atoms with Crippen LogP contribution in [0.5, 0.6) is 0 Å². The van der Waals surface area contributed by atoms with Gasteiger partial charge in [0.15, 0.2) is 5.95 Å². The minimum absolute atomic E-state index is 0.401. The summed E-state index contributed by atoms with van der Waals surface area (Å²) in [6.45, 7) is 0. The molecule has 2 aromatic rings. The van der Waals surface area contributed by atoms with E-state index in [4.69, 9.17) is 0 Å². The van der Waals surface area contributed by atoms with Crippen molar-refractivity contribution in [1.29, 1.82) is 0 Å². The number of halogens is 1. The second-order valence-corrected chi connectivity index (χ2v) is 2.35. The average Bonchev–Trinajstić information content (AvgIpc) is 2.44. The molecule has 0 aliphatic rings. The third kappa shape index (κ3) is 0.903. The molecule has 0 atom stereocenters. The molecule has 0 saturated heterocycles. The number of aromatic nitrogens is 3. The molecule has 2 N–H and O–H groups in total. The summed E-state index contributed by atoms with van der Waals surface area (Å²) in [7, 11) is 1.73. The van der Waals surface area contributed by atoms with E-state index in [1.54, 1.807) is 7.05 Å². The van der Waals surface area contributed by atoms with Crippen LogP contribution in [0.15, 0.2) is 12.4 Å². The van der Waals surface area contributed by atoms with Crippen molar-refractivity contribution in [3.8, 4) is 0 Å². The van der Waals surface area contributed by atoms with Gasteiger partial charge in [0.2, 0.25) is 0 Å². The number of rotatable bonds is 1. The molecule has 0 fully saturated rings. The molecule has 2 heterocycles. The van der Waals surface area contributed by atoms with Crippen LogP contribution in [-0.4, -0.2) is 22.0 Å². The van der Waals surface area contributed by atoms with Gasteiger partial charge in [-0.2, -0.15) is 4.39 Å². The molecule has 0 radical (unpaired) electrons. The van der Waals surface area contributed by atoms with E-state index in [-0.39, 0.29) is 0 Å². The van der Waals surface area contributed by atoms with Crippen molar-refractivity contribution in [1.82, 2.24) is 15.0 Å². The highest BCUT2D eigenvalue weighted by atomic mass is 19.1. The van der Waals surface area contributed by atoms with Crippen LogP contribution in [0.1, 0.15) is 0 Å². The van der Waals surface area contributed by atoms with Crippen LogP contribution in [-0.2, 0) is 0 Å². The maximum atomic E-state index is 12.7. The lowest BCUT2D eigenvalue weighted by atomic mass is 10.4. The van der Waals surface area contributed by atoms with Crippen molar-refractivity contribution in [3.63, 3.8) is 0 Å². The van der Waals surface area contributed by atoms with Crippen molar-refractivity contribution < 1.29 is 4.39 Å². The van der Waals surface area contributed by atoms with Crippen LogP contribution in [0.25, 0.3) is 11.0 Å². The first-order chi connectivity index (χ1) is 5.81. The van der Waals surface area contributed by atoms with Gasteiger partial charge in [-0.3, -0.25) is 0 Å². The van der Waals surface area contributed by atoms with Crippen LogP contribution >= 0.6 is 0 Å². The number of hydrogen-bond donors (Lipinski definition) is 2. The molecule has 12 heavy (non-hydrogen) atoms.